The maximum Gasteiger partial charge on any atom is 0.333 e. The fourth-order valence-electron chi connectivity index (χ4n) is 1.05. The minimum atomic E-state index is -2.55. The number of halogens is 3. The monoisotopic (exact) mass is 225 g/mol. The molecule has 0 saturated carbocycles. The molecule has 1 aromatic heterocycles. The number of hydrogen-bond donors (Lipinski definition) is 1. The average molecular weight is 226 g/mol. The van der Waals surface area contributed by atoms with Crippen molar-refractivity contribution in [2.24, 2.45) is 0 Å². The van der Waals surface area contributed by atoms with Gasteiger partial charge in [0.25, 0.3) is 0 Å². The van der Waals surface area contributed by atoms with Gasteiger partial charge in [0.1, 0.15) is 0 Å². The summed E-state index contributed by atoms with van der Waals surface area (Å²) in [7, 11) is 0. The van der Waals surface area contributed by atoms with Crippen LogP contribution < -0.4 is 5.32 Å². The van der Waals surface area contributed by atoms with Crippen molar-refractivity contribution in [3.05, 3.63) is 18.0 Å². The number of rotatable bonds is 5. The summed E-state index contributed by atoms with van der Waals surface area (Å²) in [6.45, 7) is 0.748. The molecule has 6 heteroatoms. The van der Waals surface area contributed by atoms with Gasteiger partial charge >= 0.3 is 6.55 Å². The zero-order chi connectivity index (χ0) is 9.68. The van der Waals surface area contributed by atoms with Crippen LogP contribution in [0.25, 0.3) is 0 Å². The largest absolute Gasteiger partial charge is 0.333 e. The van der Waals surface area contributed by atoms with Crippen molar-refractivity contribution in [1.82, 2.24) is 15.1 Å². The van der Waals surface area contributed by atoms with Crippen LogP contribution >= 0.6 is 12.4 Å². The second kappa shape index (κ2) is 6.73. The lowest BCUT2D eigenvalue weighted by molar-refractivity contribution is 0.0531. The van der Waals surface area contributed by atoms with Gasteiger partial charge in [-0.25, -0.2) is 4.68 Å². The lowest BCUT2D eigenvalue weighted by Crippen LogP contribution is -2.17. The highest BCUT2D eigenvalue weighted by Gasteiger charge is 2.10. The number of hydrogen-bond acceptors (Lipinski definition) is 2. The van der Waals surface area contributed by atoms with Crippen molar-refractivity contribution in [3.8, 4) is 0 Å². The van der Waals surface area contributed by atoms with E-state index in [0.29, 0.717) is 12.2 Å². The van der Waals surface area contributed by atoms with E-state index in [1.807, 2.05) is 6.92 Å². The molecular weight excluding hydrogens is 212 g/mol. The van der Waals surface area contributed by atoms with E-state index in [0.717, 1.165) is 17.6 Å². The van der Waals surface area contributed by atoms with E-state index in [9.17, 15) is 8.78 Å². The topological polar surface area (TPSA) is 29.9 Å². The van der Waals surface area contributed by atoms with E-state index in [-0.39, 0.29) is 12.4 Å². The van der Waals surface area contributed by atoms with E-state index in [4.69, 9.17) is 0 Å². The first-order valence-electron chi connectivity index (χ1n) is 4.27. The molecule has 0 fully saturated rings. The summed E-state index contributed by atoms with van der Waals surface area (Å²) in [5, 5.41) is 6.56. The summed E-state index contributed by atoms with van der Waals surface area (Å²) in [5.74, 6) is 0. The second-order valence-electron chi connectivity index (χ2n) is 2.72. The minimum Gasteiger partial charge on any atom is -0.311 e. The predicted octanol–water partition coefficient (Wildman–Crippen LogP) is 2.20. The van der Waals surface area contributed by atoms with Crippen molar-refractivity contribution in [3.63, 3.8) is 0 Å². The third-order valence-corrected chi connectivity index (χ3v) is 1.67. The zero-order valence-electron chi connectivity index (χ0n) is 7.91. The molecule has 0 aromatic carbocycles. The van der Waals surface area contributed by atoms with Gasteiger partial charge in [-0.05, 0) is 19.0 Å². The molecule has 0 atom stereocenters. The Balaban J connectivity index is 0.00000169. The van der Waals surface area contributed by atoms with Crippen molar-refractivity contribution >= 4 is 12.4 Å². The second-order valence-corrected chi connectivity index (χ2v) is 2.72. The van der Waals surface area contributed by atoms with Gasteiger partial charge in [-0.2, -0.15) is 13.9 Å². The normalized spacial score (nSPS) is 10.3. The maximum atomic E-state index is 12.2. The molecule has 0 aliphatic rings. The molecule has 0 amide bonds. The average Bonchev–Trinajstić information content (AvgIpc) is 2.53. The van der Waals surface area contributed by atoms with E-state index in [1.54, 1.807) is 6.07 Å². The molecule has 14 heavy (non-hydrogen) atoms. The molecule has 0 aliphatic heterocycles. The van der Waals surface area contributed by atoms with Crippen LogP contribution in [0.15, 0.2) is 12.3 Å². The van der Waals surface area contributed by atoms with Crippen LogP contribution in [0.3, 0.4) is 0 Å². The lowest BCUT2D eigenvalue weighted by Gasteiger charge is -2.06. The Bertz CT molecular complexity index is 252. The van der Waals surface area contributed by atoms with Crippen molar-refractivity contribution < 1.29 is 8.78 Å². The third-order valence-electron chi connectivity index (χ3n) is 1.67. The highest BCUT2D eigenvalue weighted by Crippen LogP contribution is 2.11. The summed E-state index contributed by atoms with van der Waals surface area (Å²) in [5.41, 5.74) is 0.517. The summed E-state index contributed by atoms with van der Waals surface area (Å²) >= 11 is 0. The summed E-state index contributed by atoms with van der Waals surface area (Å²) < 4.78 is 25.2. The van der Waals surface area contributed by atoms with Gasteiger partial charge in [0.2, 0.25) is 0 Å². The fraction of sp³-hybridized carbons (Fsp3) is 0.625. The van der Waals surface area contributed by atoms with Gasteiger partial charge in [0.05, 0.1) is 5.69 Å². The van der Waals surface area contributed by atoms with Crippen LogP contribution in [0, 0.1) is 0 Å². The fourth-order valence-corrected chi connectivity index (χ4v) is 1.05. The standard InChI is InChI=1S/C8H13F2N3.ClH/c1-2-4-11-6-7-3-5-12-13(7)8(9)10;/h3,5,8,11H,2,4,6H2,1H3;1H. The smallest absolute Gasteiger partial charge is 0.311 e. The predicted molar refractivity (Wildman–Crippen MR) is 52.7 cm³/mol. The molecule has 82 valence electrons. The van der Waals surface area contributed by atoms with Crippen LogP contribution in [-0.4, -0.2) is 16.3 Å². The van der Waals surface area contributed by atoms with Gasteiger partial charge in [-0.15, -0.1) is 12.4 Å². The van der Waals surface area contributed by atoms with Crippen molar-refractivity contribution in [2.75, 3.05) is 6.54 Å². The molecule has 0 radical (unpaired) electrons. The van der Waals surface area contributed by atoms with Crippen LogP contribution in [0.4, 0.5) is 8.78 Å². The molecule has 0 saturated heterocycles. The lowest BCUT2D eigenvalue weighted by atomic mass is 10.4. The molecule has 3 nitrogen and oxygen atoms in total. The van der Waals surface area contributed by atoms with Crippen LogP contribution in [-0.2, 0) is 6.54 Å². The minimum absolute atomic E-state index is 0. The Labute approximate surface area is 87.9 Å². The van der Waals surface area contributed by atoms with E-state index in [2.05, 4.69) is 10.4 Å². The van der Waals surface area contributed by atoms with E-state index >= 15 is 0 Å². The van der Waals surface area contributed by atoms with Crippen LogP contribution in [0.5, 0.6) is 0 Å². The molecule has 1 heterocycles. The first-order valence-corrected chi connectivity index (χ1v) is 4.27. The first kappa shape index (κ1) is 13.3. The van der Waals surface area contributed by atoms with Gasteiger partial charge in [-0.3, -0.25) is 0 Å². The molecule has 0 bridgehead atoms. The SMILES string of the molecule is CCCNCc1ccnn1C(F)F.Cl. The molecule has 1 aromatic rings. The molecule has 1 rings (SSSR count). The quantitative estimate of drug-likeness (QED) is 0.779. The first-order chi connectivity index (χ1) is 6.25. The van der Waals surface area contributed by atoms with Gasteiger partial charge < -0.3 is 5.32 Å². The van der Waals surface area contributed by atoms with E-state index < -0.39 is 6.55 Å². The van der Waals surface area contributed by atoms with Crippen LogP contribution in [0.1, 0.15) is 25.6 Å². The van der Waals surface area contributed by atoms with Crippen molar-refractivity contribution in [1.29, 1.82) is 0 Å². The Morgan fingerprint density at radius 1 is 1.57 bits per heavy atom. The van der Waals surface area contributed by atoms with Gasteiger partial charge in [-0.1, -0.05) is 6.92 Å². The molecule has 0 unspecified atom stereocenters. The molecule has 0 aliphatic carbocycles. The summed E-state index contributed by atoms with van der Waals surface area (Å²) in [6, 6.07) is 1.59. The number of aromatic nitrogens is 2. The van der Waals surface area contributed by atoms with E-state index in [1.165, 1.54) is 6.20 Å². The number of nitrogens with zero attached hydrogens (tertiary/aromatic N) is 2. The number of nitrogens with one attached hydrogen (secondary N) is 1. The Morgan fingerprint density at radius 2 is 2.29 bits per heavy atom. The number of alkyl halides is 2. The summed E-state index contributed by atoms with van der Waals surface area (Å²) in [6.07, 6.45) is 2.37. The molecule has 0 spiro atoms. The van der Waals surface area contributed by atoms with Gasteiger partial charge in [0, 0.05) is 12.7 Å². The Kier molecular flexibility index (Phi) is 6.40. The van der Waals surface area contributed by atoms with Gasteiger partial charge in [0.15, 0.2) is 0 Å². The Hall–Kier alpha value is -0.680. The Morgan fingerprint density at radius 3 is 2.86 bits per heavy atom. The molecular formula is C8H14ClF2N3. The van der Waals surface area contributed by atoms with Crippen LogP contribution in [0.2, 0.25) is 0 Å². The van der Waals surface area contributed by atoms with Crippen molar-refractivity contribution in [2.45, 2.75) is 26.4 Å². The summed E-state index contributed by atoms with van der Waals surface area (Å²) in [4.78, 5) is 0. The zero-order valence-corrected chi connectivity index (χ0v) is 8.73. The highest BCUT2D eigenvalue weighted by molar-refractivity contribution is 5.85. The third kappa shape index (κ3) is 3.59. The molecule has 1 N–H and O–H groups in total. The maximum absolute atomic E-state index is 12.2. The highest BCUT2D eigenvalue weighted by atomic mass is 35.5.